The molecule has 0 spiro atoms. The number of hydrogen-bond donors (Lipinski definition) is 0. The highest BCUT2D eigenvalue weighted by molar-refractivity contribution is 7.99. The van der Waals surface area contributed by atoms with Crippen LogP contribution >= 0.6 is 23.4 Å². The minimum atomic E-state index is -0.115. The number of benzene rings is 1. The van der Waals surface area contributed by atoms with Crippen molar-refractivity contribution in [2.24, 2.45) is 0 Å². The number of amides is 2. The van der Waals surface area contributed by atoms with E-state index in [0.29, 0.717) is 43.4 Å². The van der Waals surface area contributed by atoms with Crippen LogP contribution in [0.2, 0.25) is 5.02 Å². The smallest absolute Gasteiger partial charge is 0.289 e. The summed E-state index contributed by atoms with van der Waals surface area (Å²) in [6.07, 6.45) is 1.98. The second-order valence-electron chi connectivity index (χ2n) is 5.70. The number of rotatable bonds is 5. The van der Waals surface area contributed by atoms with Crippen LogP contribution in [0.3, 0.4) is 0 Å². The lowest BCUT2D eigenvalue weighted by Gasteiger charge is -2.34. The van der Waals surface area contributed by atoms with E-state index in [1.54, 1.807) is 28.8 Å². The summed E-state index contributed by atoms with van der Waals surface area (Å²) in [5.41, 5.74) is 0. The molecule has 1 aromatic carbocycles. The Hall–Kier alpha value is -1.92. The quantitative estimate of drug-likeness (QED) is 0.748. The molecule has 2 heterocycles. The molecule has 0 N–H and O–H groups in total. The van der Waals surface area contributed by atoms with E-state index in [0.717, 1.165) is 10.6 Å². The second kappa shape index (κ2) is 8.45. The fourth-order valence-corrected chi connectivity index (χ4v) is 3.63. The Morgan fingerprint density at radius 2 is 1.72 bits per heavy atom. The molecular weight excluding hydrogens is 360 g/mol. The molecule has 0 atom stereocenters. The summed E-state index contributed by atoms with van der Waals surface area (Å²) >= 11 is 7.50. The molecule has 0 bridgehead atoms. The van der Waals surface area contributed by atoms with E-state index in [1.165, 1.54) is 6.26 Å². The van der Waals surface area contributed by atoms with Crippen LogP contribution in [-0.4, -0.2) is 53.5 Å². The minimum Gasteiger partial charge on any atom is -0.459 e. The number of hydrogen-bond acceptors (Lipinski definition) is 4. The lowest BCUT2D eigenvalue weighted by molar-refractivity contribution is -0.132. The van der Waals surface area contributed by atoms with Crippen LogP contribution in [0.1, 0.15) is 17.0 Å². The maximum atomic E-state index is 12.3. The summed E-state index contributed by atoms with van der Waals surface area (Å²) in [4.78, 5) is 29.2. The molecule has 3 rings (SSSR count). The van der Waals surface area contributed by atoms with Crippen molar-refractivity contribution >= 4 is 35.2 Å². The zero-order valence-electron chi connectivity index (χ0n) is 13.7. The topological polar surface area (TPSA) is 53.8 Å². The van der Waals surface area contributed by atoms with Gasteiger partial charge in [0, 0.05) is 48.3 Å². The number of thioether (sulfide) groups is 1. The van der Waals surface area contributed by atoms with Crippen molar-refractivity contribution in [3.8, 4) is 0 Å². The molecule has 1 fully saturated rings. The standard InChI is InChI=1S/C18H19ClN2O3S/c19-14-3-5-15(6-4-14)25-13-7-17(22)20-8-10-21(11-9-20)18(23)16-2-1-12-24-16/h1-6,12H,7-11,13H2. The first-order chi connectivity index (χ1) is 12.1. The number of halogens is 1. The molecular formula is C18H19ClN2O3S. The van der Waals surface area contributed by atoms with Crippen LogP contribution in [0.5, 0.6) is 0 Å². The van der Waals surface area contributed by atoms with E-state index in [-0.39, 0.29) is 11.8 Å². The predicted octanol–water partition coefficient (Wildman–Crippen LogP) is 3.40. The van der Waals surface area contributed by atoms with Gasteiger partial charge in [0.25, 0.3) is 5.91 Å². The van der Waals surface area contributed by atoms with Crippen LogP contribution in [0, 0.1) is 0 Å². The molecule has 0 radical (unpaired) electrons. The first-order valence-electron chi connectivity index (χ1n) is 8.12. The Bertz CT molecular complexity index is 710. The molecule has 5 nitrogen and oxygen atoms in total. The monoisotopic (exact) mass is 378 g/mol. The minimum absolute atomic E-state index is 0.115. The van der Waals surface area contributed by atoms with Crippen molar-refractivity contribution in [3.63, 3.8) is 0 Å². The average molecular weight is 379 g/mol. The second-order valence-corrected chi connectivity index (χ2v) is 7.31. The third-order valence-electron chi connectivity index (χ3n) is 4.05. The van der Waals surface area contributed by atoms with Gasteiger partial charge in [-0.2, -0.15) is 0 Å². The molecule has 7 heteroatoms. The lowest BCUT2D eigenvalue weighted by atomic mass is 10.2. The summed E-state index contributed by atoms with van der Waals surface area (Å²) < 4.78 is 5.14. The van der Waals surface area contributed by atoms with Crippen LogP contribution in [-0.2, 0) is 4.79 Å². The molecule has 2 aromatic rings. The van der Waals surface area contributed by atoms with E-state index >= 15 is 0 Å². The van der Waals surface area contributed by atoms with Gasteiger partial charge in [-0.1, -0.05) is 11.6 Å². The lowest BCUT2D eigenvalue weighted by Crippen LogP contribution is -2.50. The van der Waals surface area contributed by atoms with E-state index < -0.39 is 0 Å². The van der Waals surface area contributed by atoms with E-state index in [9.17, 15) is 9.59 Å². The molecule has 25 heavy (non-hydrogen) atoms. The average Bonchev–Trinajstić information content (AvgIpc) is 3.17. The summed E-state index contributed by atoms with van der Waals surface area (Å²) in [5.74, 6) is 1.09. The van der Waals surface area contributed by atoms with Crippen molar-refractivity contribution in [2.45, 2.75) is 11.3 Å². The molecule has 1 aliphatic rings. The Morgan fingerprint density at radius 3 is 2.36 bits per heavy atom. The van der Waals surface area contributed by atoms with Crippen molar-refractivity contribution in [3.05, 3.63) is 53.4 Å². The molecule has 0 aliphatic carbocycles. The molecule has 1 aromatic heterocycles. The number of piperazine rings is 1. The number of nitrogens with zero attached hydrogens (tertiary/aromatic N) is 2. The molecule has 0 unspecified atom stereocenters. The molecule has 0 saturated carbocycles. The number of furan rings is 1. The van der Waals surface area contributed by atoms with Gasteiger partial charge >= 0.3 is 0 Å². The maximum Gasteiger partial charge on any atom is 0.289 e. The van der Waals surface area contributed by atoms with Crippen LogP contribution in [0.4, 0.5) is 0 Å². The van der Waals surface area contributed by atoms with Gasteiger partial charge in [0.1, 0.15) is 0 Å². The van der Waals surface area contributed by atoms with Crippen molar-refractivity contribution in [1.82, 2.24) is 9.80 Å². The molecule has 2 amide bonds. The van der Waals surface area contributed by atoms with Crippen LogP contribution < -0.4 is 0 Å². The third kappa shape index (κ3) is 4.80. The Labute approximate surface area is 155 Å². The van der Waals surface area contributed by atoms with Gasteiger partial charge in [0.15, 0.2) is 5.76 Å². The molecule has 1 saturated heterocycles. The largest absolute Gasteiger partial charge is 0.459 e. The van der Waals surface area contributed by atoms with Gasteiger partial charge < -0.3 is 14.2 Å². The maximum absolute atomic E-state index is 12.3. The zero-order chi connectivity index (χ0) is 17.6. The van der Waals surface area contributed by atoms with Gasteiger partial charge in [0.2, 0.25) is 5.91 Å². The highest BCUT2D eigenvalue weighted by Gasteiger charge is 2.25. The third-order valence-corrected chi connectivity index (χ3v) is 5.32. The molecule has 1 aliphatic heterocycles. The summed E-state index contributed by atoms with van der Waals surface area (Å²) in [5, 5.41) is 0.711. The molecule has 132 valence electrons. The van der Waals surface area contributed by atoms with Gasteiger partial charge in [-0.25, -0.2) is 0 Å². The number of carbonyl (C=O) groups is 2. The van der Waals surface area contributed by atoms with Crippen molar-refractivity contribution in [2.75, 3.05) is 31.9 Å². The van der Waals surface area contributed by atoms with Gasteiger partial charge in [-0.3, -0.25) is 9.59 Å². The van der Waals surface area contributed by atoms with Gasteiger partial charge in [-0.05, 0) is 36.4 Å². The SMILES string of the molecule is O=C(CCSc1ccc(Cl)cc1)N1CCN(C(=O)c2ccco2)CC1. The highest BCUT2D eigenvalue weighted by Crippen LogP contribution is 2.21. The Kier molecular flexibility index (Phi) is 6.04. The van der Waals surface area contributed by atoms with Crippen molar-refractivity contribution < 1.29 is 14.0 Å². The fraction of sp³-hybridized carbons (Fsp3) is 0.333. The van der Waals surface area contributed by atoms with Crippen LogP contribution in [0.25, 0.3) is 0 Å². The van der Waals surface area contributed by atoms with E-state index in [1.807, 2.05) is 29.2 Å². The number of carbonyl (C=O) groups excluding carboxylic acids is 2. The van der Waals surface area contributed by atoms with Gasteiger partial charge in [-0.15, -0.1) is 11.8 Å². The van der Waals surface area contributed by atoms with E-state index in [2.05, 4.69) is 0 Å². The van der Waals surface area contributed by atoms with Crippen LogP contribution in [0.15, 0.2) is 52.0 Å². The predicted molar refractivity (Wildman–Crippen MR) is 98.0 cm³/mol. The van der Waals surface area contributed by atoms with E-state index in [4.69, 9.17) is 16.0 Å². The van der Waals surface area contributed by atoms with Gasteiger partial charge in [0.05, 0.1) is 6.26 Å². The zero-order valence-corrected chi connectivity index (χ0v) is 15.3. The summed E-state index contributed by atoms with van der Waals surface area (Å²) in [7, 11) is 0. The van der Waals surface area contributed by atoms with Crippen molar-refractivity contribution in [1.29, 1.82) is 0 Å². The Balaban J connectivity index is 1.41. The summed E-state index contributed by atoms with van der Waals surface area (Å²) in [6.45, 7) is 2.21. The fourth-order valence-electron chi connectivity index (χ4n) is 2.66. The Morgan fingerprint density at radius 1 is 1.04 bits per heavy atom. The first kappa shape index (κ1) is 17.9. The first-order valence-corrected chi connectivity index (χ1v) is 9.49. The normalized spacial score (nSPS) is 14.6. The summed E-state index contributed by atoms with van der Waals surface area (Å²) in [6, 6.07) is 11.0. The highest BCUT2D eigenvalue weighted by atomic mass is 35.5.